The highest BCUT2D eigenvalue weighted by Gasteiger charge is 2.19. The molecule has 0 saturated carbocycles. The Morgan fingerprint density at radius 1 is 0.903 bits per heavy atom. The molecule has 160 valence electrons. The maximum Gasteiger partial charge on any atom is 0.367 e. The third-order valence-corrected chi connectivity index (χ3v) is 6.16. The fourth-order valence-corrected chi connectivity index (χ4v) is 4.27. The van der Waals surface area contributed by atoms with Gasteiger partial charge >= 0.3 is 16.1 Å². The summed E-state index contributed by atoms with van der Waals surface area (Å²) in [4.78, 5) is 12.7. The van der Waals surface area contributed by atoms with E-state index in [-0.39, 0.29) is 10.8 Å². The first-order valence-electron chi connectivity index (χ1n) is 9.33. The molecule has 31 heavy (non-hydrogen) atoms. The van der Waals surface area contributed by atoms with Crippen LogP contribution < -0.4 is 0 Å². The fourth-order valence-electron chi connectivity index (χ4n) is 2.65. The van der Waals surface area contributed by atoms with Crippen LogP contribution in [0.1, 0.15) is 11.1 Å². The third-order valence-electron chi connectivity index (χ3n) is 4.23. The maximum absolute atomic E-state index is 12.4. The van der Waals surface area contributed by atoms with Gasteiger partial charge in [-0.3, -0.25) is 4.28 Å². The molecule has 3 aromatic rings. The molecule has 3 aromatic carbocycles. The number of rotatable bonds is 6. The lowest BCUT2D eigenvalue weighted by Gasteiger charge is -2.07. The maximum atomic E-state index is 12.4. The zero-order valence-corrected chi connectivity index (χ0v) is 18.7. The van der Waals surface area contributed by atoms with E-state index in [1.54, 1.807) is 24.3 Å². The highest BCUT2D eigenvalue weighted by atomic mass is 32.2. The number of thioether (sulfide) groups is 1. The number of oxime groups is 1. The molecule has 0 atom stereocenters. The predicted octanol–water partition coefficient (Wildman–Crippen LogP) is 4.79. The van der Waals surface area contributed by atoms with Gasteiger partial charge in [0.15, 0.2) is 0 Å². The van der Waals surface area contributed by atoms with Crippen LogP contribution in [0.3, 0.4) is 0 Å². The average Bonchev–Trinajstić information content (AvgIpc) is 2.78. The highest BCUT2D eigenvalue weighted by molar-refractivity contribution is 8.15. The van der Waals surface area contributed by atoms with Crippen molar-refractivity contribution in [1.82, 2.24) is 0 Å². The number of hydrogen-bond acceptors (Lipinski definition) is 7. The van der Waals surface area contributed by atoms with Crippen LogP contribution in [0.15, 0.2) is 88.9 Å². The van der Waals surface area contributed by atoms with Crippen molar-refractivity contribution in [1.29, 1.82) is 0 Å². The largest absolute Gasteiger partial charge is 0.464 e. The zero-order valence-electron chi connectivity index (χ0n) is 17.0. The fraction of sp³-hybridized carbons (Fsp3) is 0.130. The number of carbonyl (C=O) groups excluding carboxylic acids is 1. The molecule has 0 heterocycles. The lowest BCUT2D eigenvalue weighted by molar-refractivity contribution is -0.132. The molecule has 3 rings (SSSR count). The van der Waals surface area contributed by atoms with Gasteiger partial charge in [0.05, 0.1) is 7.11 Å². The van der Waals surface area contributed by atoms with Crippen molar-refractivity contribution in [2.24, 2.45) is 5.16 Å². The lowest BCUT2D eigenvalue weighted by Crippen LogP contribution is -2.14. The van der Waals surface area contributed by atoms with E-state index >= 15 is 0 Å². The molecular formula is C23H21NO5S2. The van der Waals surface area contributed by atoms with Crippen molar-refractivity contribution >= 4 is 32.9 Å². The molecule has 6 nitrogen and oxygen atoms in total. The number of hydrogen-bond donors (Lipinski definition) is 0. The van der Waals surface area contributed by atoms with Crippen LogP contribution in [-0.4, -0.2) is 26.5 Å². The molecule has 0 fully saturated rings. The molecule has 0 radical (unpaired) electrons. The average molecular weight is 456 g/mol. The number of ether oxygens (including phenoxy) is 1. The molecule has 0 aliphatic rings. The van der Waals surface area contributed by atoms with Gasteiger partial charge in [-0.05, 0) is 35.7 Å². The first kappa shape index (κ1) is 22.6. The van der Waals surface area contributed by atoms with Crippen molar-refractivity contribution in [3.05, 3.63) is 90.0 Å². The van der Waals surface area contributed by atoms with Gasteiger partial charge in [0.25, 0.3) is 0 Å². The van der Waals surface area contributed by atoms with Gasteiger partial charge in [0.2, 0.25) is 5.04 Å². The summed E-state index contributed by atoms with van der Waals surface area (Å²) in [6.45, 7) is 1.94. The SMILES string of the molecule is COC(=O)/C(=N/OS(=O)(=O)Cc1ccc(-c2ccccc2)cc1)Sc1ccc(C)cc1. The first-order chi connectivity index (χ1) is 14.9. The Labute approximate surface area is 186 Å². The van der Waals surface area contributed by atoms with Gasteiger partial charge in [0, 0.05) is 4.90 Å². The number of methoxy groups -OCH3 is 1. The minimum absolute atomic E-state index is 0.214. The number of esters is 1. The van der Waals surface area contributed by atoms with E-state index in [1.807, 2.05) is 61.5 Å². The Balaban J connectivity index is 1.70. The molecule has 0 bridgehead atoms. The second kappa shape index (κ2) is 10.3. The Hall–Kier alpha value is -3.10. The zero-order chi connectivity index (χ0) is 22.3. The third kappa shape index (κ3) is 6.70. The topological polar surface area (TPSA) is 82.0 Å². The Bertz CT molecular complexity index is 1160. The molecular weight excluding hydrogens is 434 g/mol. The van der Waals surface area contributed by atoms with E-state index in [0.717, 1.165) is 28.5 Å². The summed E-state index contributed by atoms with van der Waals surface area (Å²) in [7, 11) is -2.87. The van der Waals surface area contributed by atoms with E-state index in [2.05, 4.69) is 9.89 Å². The number of benzene rings is 3. The number of nitrogens with zero attached hydrogens (tertiary/aromatic N) is 1. The van der Waals surface area contributed by atoms with E-state index in [4.69, 9.17) is 4.28 Å². The summed E-state index contributed by atoms with van der Waals surface area (Å²) in [5.74, 6) is -1.16. The Morgan fingerprint density at radius 3 is 2.13 bits per heavy atom. The Morgan fingerprint density at radius 2 is 1.52 bits per heavy atom. The van der Waals surface area contributed by atoms with Crippen LogP contribution >= 0.6 is 11.8 Å². The van der Waals surface area contributed by atoms with Crippen molar-refractivity contribution in [3.8, 4) is 11.1 Å². The second-order valence-electron chi connectivity index (χ2n) is 6.64. The van der Waals surface area contributed by atoms with E-state index in [0.29, 0.717) is 10.5 Å². The van der Waals surface area contributed by atoms with Crippen LogP contribution in [0.25, 0.3) is 11.1 Å². The molecule has 0 aliphatic heterocycles. The van der Waals surface area contributed by atoms with Crippen LogP contribution in [-0.2, 0) is 29.7 Å². The van der Waals surface area contributed by atoms with Gasteiger partial charge in [-0.15, -0.1) is 0 Å². The number of aryl methyl sites for hydroxylation is 1. The summed E-state index contributed by atoms with van der Waals surface area (Å²) >= 11 is 0.963. The second-order valence-corrected chi connectivity index (χ2v) is 9.26. The molecule has 0 N–H and O–H groups in total. The normalized spacial score (nSPS) is 11.7. The standard InChI is InChI=1S/C23H21NO5S2/c1-17-8-14-21(15-9-17)30-22(23(25)28-2)24-29-31(26,27)16-18-10-12-20(13-11-18)19-6-4-3-5-7-19/h3-15H,16H2,1-2H3/b24-22-. The van der Waals surface area contributed by atoms with Gasteiger partial charge in [0.1, 0.15) is 5.75 Å². The predicted molar refractivity (Wildman–Crippen MR) is 122 cm³/mol. The van der Waals surface area contributed by atoms with Crippen LogP contribution in [0, 0.1) is 6.92 Å². The van der Waals surface area contributed by atoms with Crippen molar-refractivity contribution in [2.75, 3.05) is 7.11 Å². The molecule has 0 amide bonds. The molecule has 8 heteroatoms. The van der Waals surface area contributed by atoms with Gasteiger partial charge < -0.3 is 4.74 Å². The molecule has 0 spiro atoms. The number of carbonyl (C=O) groups is 1. The molecule has 0 saturated heterocycles. The van der Waals surface area contributed by atoms with Crippen LogP contribution in [0.2, 0.25) is 0 Å². The quantitative estimate of drug-likeness (QED) is 0.175. The summed E-state index contributed by atoms with van der Waals surface area (Å²) in [5, 5.41) is 3.35. The van der Waals surface area contributed by atoms with E-state index in [9.17, 15) is 13.2 Å². The molecule has 0 aromatic heterocycles. The first-order valence-corrected chi connectivity index (χ1v) is 11.7. The van der Waals surface area contributed by atoms with Crippen molar-refractivity contribution in [2.45, 2.75) is 17.6 Å². The highest BCUT2D eigenvalue weighted by Crippen LogP contribution is 2.23. The van der Waals surface area contributed by atoms with E-state index in [1.165, 1.54) is 7.11 Å². The molecule has 0 aliphatic carbocycles. The van der Waals surface area contributed by atoms with Crippen LogP contribution in [0.5, 0.6) is 0 Å². The lowest BCUT2D eigenvalue weighted by atomic mass is 10.0. The summed E-state index contributed by atoms with van der Waals surface area (Å²) in [6, 6.07) is 24.2. The summed E-state index contributed by atoms with van der Waals surface area (Å²) in [6.07, 6.45) is 0. The monoisotopic (exact) mass is 455 g/mol. The molecule has 0 unspecified atom stereocenters. The smallest absolute Gasteiger partial charge is 0.367 e. The van der Waals surface area contributed by atoms with Crippen LogP contribution in [0.4, 0.5) is 0 Å². The van der Waals surface area contributed by atoms with Gasteiger partial charge in [-0.2, -0.15) is 8.42 Å². The minimum Gasteiger partial charge on any atom is -0.464 e. The van der Waals surface area contributed by atoms with E-state index < -0.39 is 16.1 Å². The summed E-state index contributed by atoms with van der Waals surface area (Å²) < 4.78 is 34.2. The van der Waals surface area contributed by atoms with Gasteiger partial charge in [-0.1, -0.05) is 89.2 Å². The van der Waals surface area contributed by atoms with Gasteiger partial charge in [-0.25, -0.2) is 4.79 Å². The Kier molecular flexibility index (Phi) is 7.49. The van der Waals surface area contributed by atoms with Crippen molar-refractivity contribution < 1.29 is 22.2 Å². The minimum atomic E-state index is -4.06. The van der Waals surface area contributed by atoms with Crippen molar-refractivity contribution in [3.63, 3.8) is 0 Å². The summed E-state index contributed by atoms with van der Waals surface area (Å²) in [5.41, 5.74) is 3.61.